The van der Waals surface area contributed by atoms with Crippen molar-refractivity contribution >= 4 is 18.0 Å². The number of carbonyl (C=O) groups is 2. The summed E-state index contributed by atoms with van der Waals surface area (Å²) in [6.07, 6.45) is 4.03. The van der Waals surface area contributed by atoms with Crippen LogP contribution in [0.25, 0.3) is 6.08 Å². The van der Waals surface area contributed by atoms with Gasteiger partial charge in [-0.25, -0.2) is 4.79 Å². The topological polar surface area (TPSA) is 79.5 Å². The number of hydrogen-bond donors (Lipinski definition) is 2. The third-order valence-electron chi connectivity index (χ3n) is 2.60. The molecular weight excluding hydrogens is 258 g/mol. The lowest BCUT2D eigenvalue weighted by Gasteiger charge is -2.03. The number of furan rings is 1. The summed E-state index contributed by atoms with van der Waals surface area (Å²) in [6, 6.07) is 10.5. The Morgan fingerprint density at radius 3 is 2.55 bits per heavy atom. The Hall–Kier alpha value is -2.82. The van der Waals surface area contributed by atoms with Gasteiger partial charge in [0.2, 0.25) is 0 Å². The van der Waals surface area contributed by atoms with Gasteiger partial charge in [-0.05, 0) is 29.3 Å². The maximum Gasteiger partial charge on any atom is 0.328 e. The molecule has 0 aliphatic carbocycles. The number of carboxylic acids is 1. The smallest absolute Gasteiger partial charge is 0.328 e. The first-order chi connectivity index (χ1) is 9.65. The fourth-order valence-corrected chi connectivity index (χ4v) is 1.59. The van der Waals surface area contributed by atoms with Crippen molar-refractivity contribution in [2.45, 2.75) is 6.54 Å². The Morgan fingerprint density at radius 2 is 1.95 bits per heavy atom. The van der Waals surface area contributed by atoms with E-state index in [1.54, 1.807) is 24.3 Å². The number of carboxylic acid groups (broad SMARTS) is 1. The van der Waals surface area contributed by atoms with Crippen molar-refractivity contribution in [1.82, 2.24) is 5.32 Å². The molecule has 102 valence electrons. The number of carbonyl (C=O) groups excluding carboxylic acids is 1. The van der Waals surface area contributed by atoms with E-state index in [-0.39, 0.29) is 11.7 Å². The van der Waals surface area contributed by atoms with Crippen molar-refractivity contribution in [2.75, 3.05) is 0 Å². The zero-order valence-electron chi connectivity index (χ0n) is 10.6. The van der Waals surface area contributed by atoms with Gasteiger partial charge in [-0.15, -0.1) is 0 Å². The van der Waals surface area contributed by atoms with Crippen molar-refractivity contribution < 1.29 is 19.1 Å². The zero-order chi connectivity index (χ0) is 14.4. The first-order valence-electron chi connectivity index (χ1n) is 5.97. The minimum atomic E-state index is -0.986. The van der Waals surface area contributed by atoms with Gasteiger partial charge in [0, 0.05) is 12.6 Å². The van der Waals surface area contributed by atoms with Crippen molar-refractivity contribution in [3.8, 4) is 0 Å². The van der Waals surface area contributed by atoms with Gasteiger partial charge < -0.3 is 14.8 Å². The van der Waals surface area contributed by atoms with Gasteiger partial charge in [0.05, 0.1) is 6.26 Å². The Bertz CT molecular complexity index is 612. The third-order valence-corrected chi connectivity index (χ3v) is 2.60. The monoisotopic (exact) mass is 271 g/mol. The van der Waals surface area contributed by atoms with Crippen LogP contribution in [0.15, 0.2) is 53.2 Å². The van der Waals surface area contributed by atoms with Crippen LogP contribution < -0.4 is 5.32 Å². The molecule has 0 saturated heterocycles. The Labute approximate surface area is 115 Å². The molecule has 0 fully saturated rings. The third kappa shape index (κ3) is 3.84. The lowest BCUT2D eigenvalue weighted by molar-refractivity contribution is -0.131. The van der Waals surface area contributed by atoms with E-state index in [0.29, 0.717) is 6.54 Å². The second-order valence-electron chi connectivity index (χ2n) is 4.07. The molecule has 2 rings (SSSR count). The number of amides is 1. The number of nitrogens with one attached hydrogen (secondary N) is 1. The number of benzene rings is 1. The normalized spacial score (nSPS) is 10.6. The molecule has 1 heterocycles. The molecule has 0 aliphatic rings. The predicted molar refractivity (Wildman–Crippen MR) is 73.0 cm³/mol. The number of rotatable bonds is 5. The Balaban J connectivity index is 1.91. The quantitative estimate of drug-likeness (QED) is 0.818. The molecule has 1 amide bonds. The Morgan fingerprint density at radius 1 is 1.20 bits per heavy atom. The van der Waals surface area contributed by atoms with Gasteiger partial charge in [-0.3, -0.25) is 4.79 Å². The molecule has 1 aromatic carbocycles. The van der Waals surface area contributed by atoms with E-state index in [1.165, 1.54) is 12.3 Å². The highest BCUT2D eigenvalue weighted by Gasteiger charge is 2.07. The van der Waals surface area contributed by atoms with Crippen LogP contribution in [0, 0.1) is 0 Å². The average Bonchev–Trinajstić information content (AvgIpc) is 2.98. The van der Waals surface area contributed by atoms with E-state index in [0.717, 1.165) is 17.2 Å². The van der Waals surface area contributed by atoms with Crippen LogP contribution in [0.1, 0.15) is 21.7 Å². The molecule has 0 atom stereocenters. The fraction of sp³-hybridized carbons (Fsp3) is 0.0667. The highest BCUT2D eigenvalue weighted by molar-refractivity contribution is 5.91. The SMILES string of the molecule is O=C(O)C=Cc1ccc(CNC(=O)c2ccco2)cc1. The van der Waals surface area contributed by atoms with Crippen molar-refractivity contribution in [3.63, 3.8) is 0 Å². The van der Waals surface area contributed by atoms with Gasteiger partial charge in [0.15, 0.2) is 5.76 Å². The zero-order valence-corrected chi connectivity index (χ0v) is 10.6. The molecule has 0 bridgehead atoms. The van der Waals surface area contributed by atoms with Crippen molar-refractivity contribution in [1.29, 1.82) is 0 Å². The molecule has 0 radical (unpaired) electrons. The summed E-state index contributed by atoms with van der Waals surface area (Å²) in [5.74, 6) is -0.990. The molecule has 2 aromatic rings. The van der Waals surface area contributed by atoms with Gasteiger partial charge >= 0.3 is 5.97 Å². The van der Waals surface area contributed by atoms with Crippen LogP contribution in [0.2, 0.25) is 0 Å². The van der Waals surface area contributed by atoms with Crippen molar-refractivity contribution in [2.24, 2.45) is 0 Å². The number of hydrogen-bond acceptors (Lipinski definition) is 3. The van der Waals surface area contributed by atoms with Crippen LogP contribution >= 0.6 is 0 Å². The van der Waals surface area contributed by atoms with Crippen molar-refractivity contribution in [3.05, 3.63) is 65.6 Å². The average molecular weight is 271 g/mol. The standard InChI is InChI=1S/C15H13NO4/c17-14(18)8-7-11-3-5-12(6-4-11)10-16-15(19)13-2-1-9-20-13/h1-9H,10H2,(H,16,19)(H,17,18). The molecule has 0 aliphatic heterocycles. The van der Waals surface area contributed by atoms with E-state index >= 15 is 0 Å². The van der Waals surface area contributed by atoms with Gasteiger partial charge in [0.1, 0.15) is 0 Å². The summed E-state index contributed by atoms with van der Waals surface area (Å²) >= 11 is 0. The summed E-state index contributed by atoms with van der Waals surface area (Å²) in [4.78, 5) is 22.0. The highest BCUT2D eigenvalue weighted by Crippen LogP contribution is 2.07. The van der Waals surface area contributed by atoms with Crippen LogP contribution in [-0.2, 0) is 11.3 Å². The minimum Gasteiger partial charge on any atom is -0.478 e. The molecule has 5 heteroatoms. The van der Waals surface area contributed by atoms with Gasteiger partial charge in [0.25, 0.3) is 5.91 Å². The first-order valence-corrected chi connectivity index (χ1v) is 5.97. The van der Waals surface area contributed by atoms with Crippen LogP contribution in [0.3, 0.4) is 0 Å². The summed E-state index contributed by atoms with van der Waals surface area (Å²) in [7, 11) is 0. The molecule has 0 spiro atoms. The molecule has 0 saturated carbocycles. The summed E-state index contributed by atoms with van der Waals surface area (Å²) in [5, 5.41) is 11.2. The minimum absolute atomic E-state index is 0.269. The second-order valence-corrected chi connectivity index (χ2v) is 4.07. The molecule has 0 unspecified atom stereocenters. The molecule has 5 nitrogen and oxygen atoms in total. The highest BCUT2D eigenvalue weighted by atomic mass is 16.4. The molecular formula is C15H13NO4. The largest absolute Gasteiger partial charge is 0.478 e. The summed E-state index contributed by atoms with van der Waals surface area (Å²) < 4.78 is 4.98. The van der Waals surface area contributed by atoms with Gasteiger partial charge in [-0.1, -0.05) is 24.3 Å². The van der Waals surface area contributed by atoms with E-state index in [9.17, 15) is 9.59 Å². The number of aliphatic carboxylic acids is 1. The van der Waals surface area contributed by atoms with Crippen LogP contribution in [0.5, 0.6) is 0 Å². The lowest BCUT2D eigenvalue weighted by Crippen LogP contribution is -2.22. The van der Waals surface area contributed by atoms with E-state index in [2.05, 4.69) is 5.32 Å². The first kappa shape index (κ1) is 13.6. The van der Waals surface area contributed by atoms with Gasteiger partial charge in [-0.2, -0.15) is 0 Å². The maximum atomic E-state index is 11.6. The lowest BCUT2D eigenvalue weighted by atomic mass is 10.1. The predicted octanol–water partition coefficient (Wildman–Crippen LogP) is 2.31. The van der Waals surface area contributed by atoms with Crippen LogP contribution in [0.4, 0.5) is 0 Å². The molecule has 20 heavy (non-hydrogen) atoms. The fourth-order valence-electron chi connectivity index (χ4n) is 1.59. The molecule has 1 aromatic heterocycles. The van der Waals surface area contributed by atoms with E-state index in [4.69, 9.17) is 9.52 Å². The summed E-state index contributed by atoms with van der Waals surface area (Å²) in [5.41, 5.74) is 1.70. The Kier molecular flexibility index (Phi) is 4.34. The molecule has 2 N–H and O–H groups in total. The second kappa shape index (κ2) is 6.38. The maximum absolute atomic E-state index is 11.6. The summed E-state index contributed by atoms with van der Waals surface area (Å²) in [6.45, 7) is 0.377. The van der Waals surface area contributed by atoms with E-state index < -0.39 is 5.97 Å². The van der Waals surface area contributed by atoms with Crippen LogP contribution in [-0.4, -0.2) is 17.0 Å². The van der Waals surface area contributed by atoms with E-state index in [1.807, 2.05) is 12.1 Å².